The Hall–Kier alpha value is -1.59. The monoisotopic (exact) mass is 267 g/mol. The molecule has 0 aromatic heterocycles. The SMILES string of the molecule is COCOc1cccc(CC(N)=O)c1CC[C@@H](C)O. The summed E-state index contributed by atoms with van der Waals surface area (Å²) in [4.78, 5) is 11.1. The van der Waals surface area contributed by atoms with Gasteiger partial charge in [0.1, 0.15) is 5.75 Å². The van der Waals surface area contributed by atoms with Crippen LogP contribution in [0.3, 0.4) is 0 Å². The summed E-state index contributed by atoms with van der Waals surface area (Å²) < 4.78 is 10.4. The Morgan fingerprint density at radius 3 is 2.79 bits per heavy atom. The van der Waals surface area contributed by atoms with Crippen molar-refractivity contribution < 1.29 is 19.4 Å². The van der Waals surface area contributed by atoms with Gasteiger partial charge in [-0.1, -0.05) is 12.1 Å². The fourth-order valence-electron chi connectivity index (χ4n) is 1.86. The molecule has 0 saturated heterocycles. The van der Waals surface area contributed by atoms with Gasteiger partial charge in [-0.2, -0.15) is 0 Å². The molecule has 1 amide bonds. The summed E-state index contributed by atoms with van der Waals surface area (Å²) in [5.41, 5.74) is 6.98. The number of benzene rings is 1. The highest BCUT2D eigenvalue weighted by Gasteiger charge is 2.12. The summed E-state index contributed by atoms with van der Waals surface area (Å²) in [6, 6.07) is 5.48. The number of methoxy groups -OCH3 is 1. The van der Waals surface area contributed by atoms with Crippen LogP contribution in [0.5, 0.6) is 5.75 Å². The first-order chi connectivity index (χ1) is 9.04. The topological polar surface area (TPSA) is 81.8 Å². The lowest BCUT2D eigenvalue weighted by Crippen LogP contribution is -2.16. The molecule has 0 radical (unpaired) electrons. The van der Waals surface area contributed by atoms with Crippen molar-refractivity contribution in [2.75, 3.05) is 13.9 Å². The molecule has 5 nitrogen and oxygen atoms in total. The van der Waals surface area contributed by atoms with Crippen LogP contribution in [0.15, 0.2) is 18.2 Å². The van der Waals surface area contributed by atoms with Crippen molar-refractivity contribution in [2.45, 2.75) is 32.3 Å². The molecule has 1 aromatic carbocycles. The second-order valence-corrected chi connectivity index (χ2v) is 4.48. The van der Waals surface area contributed by atoms with Crippen LogP contribution in [0.4, 0.5) is 0 Å². The molecule has 0 unspecified atom stereocenters. The minimum Gasteiger partial charge on any atom is -0.467 e. The van der Waals surface area contributed by atoms with Crippen LogP contribution in [0.1, 0.15) is 24.5 Å². The van der Waals surface area contributed by atoms with Gasteiger partial charge < -0.3 is 20.3 Å². The largest absolute Gasteiger partial charge is 0.467 e. The number of primary amides is 1. The summed E-state index contributed by atoms with van der Waals surface area (Å²) in [5, 5.41) is 9.40. The van der Waals surface area contributed by atoms with E-state index in [1.54, 1.807) is 14.0 Å². The van der Waals surface area contributed by atoms with Crippen LogP contribution >= 0.6 is 0 Å². The van der Waals surface area contributed by atoms with Crippen molar-refractivity contribution in [1.29, 1.82) is 0 Å². The molecule has 0 aliphatic heterocycles. The third kappa shape index (κ3) is 5.28. The van der Waals surface area contributed by atoms with Gasteiger partial charge in [-0.15, -0.1) is 0 Å². The minimum atomic E-state index is -0.406. The van der Waals surface area contributed by atoms with Crippen molar-refractivity contribution in [3.8, 4) is 5.75 Å². The molecular weight excluding hydrogens is 246 g/mol. The third-order valence-corrected chi connectivity index (χ3v) is 2.74. The van der Waals surface area contributed by atoms with E-state index in [1.165, 1.54) is 0 Å². The average Bonchev–Trinajstić information content (AvgIpc) is 2.34. The van der Waals surface area contributed by atoms with E-state index in [1.807, 2.05) is 18.2 Å². The summed E-state index contributed by atoms with van der Waals surface area (Å²) in [5.74, 6) is 0.281. The van der Waals surface area contributed by atoms with Crippen LogP contribution in [-0.4, -0.2) is 31.0 Å². The Morgan fingerprint density at radius 1 is 1.47 bits per heavy atom. The van der Waals surface area contributed by atoms with Gasteiger partial charge in [0.25, 0.3) is 0 Å². The number of nitrogens with two attached hydrogens (primary N) is 1. The highest BCUT2D eigenvalue weighted by atomic mass is 16.7. The van der Waals surface area contributed by atoms with E-state index in [9.17, 15) is 9.90 Å². The standard InChI is InChI=1S/C14H21NO4/c1-10(16)6-7-12-11(8-14(15)17)4-3-5-13(12)19-9-18-2/h3-5,10,16H,6-9H2,1-2H3,(H2,15,17)/t10-/m1/s1. The van der Waals surface area contributed by atoms with Gasteiger partial charge >= 0.3 is 0 Å². The molecule has 19 heavy (non-hydrogen) atoms. The van der Waals surface area contributed by atoms with Gasteiger partial charge in [-0.05, 0) is 37.0 Å². The normalized spacial score (nSPS) is 12.2. The zero-order valence-corrected chi connectivity index (χ0v) is 11.4. The lowest BCUT2D eigenvalue weighted by Gasteiger charge is -2.15. The second kappa shape index (κ2) is 7.76. The number of amides is 1. The van der Waals surface area contributed by atoms with Gasteiger partial charge in [0.2, 0.25) is 5.91 Å². The van der Waals surface area contributed by atoms with Crippen LogP contribution in [-0.2, 0) is 22.4 Å². The quantitative estimate of drug-likeness (QED) is 0.689. The third-order valence-electron chi connectivity index (χ3n) is 2.74. The number of carbonyl (C=O) groups excluding carboxylic acids is 1. The average molecular weight is 267 g/mol. The van der Waals surface area contributed by atoms with E-state index in [0.29, 0.717) is 18.6 Å². The van der Waals surface area contributed by atoms with E-state index in [2.05, 4.69) is 0 Å². The number of rotatable bonds is 8. The predicted molar refractivity (Wildman–Crippen MR) is 71.8 cm³/mol. The van der Waals surface area contributed by atoms with Gasteiger partial charge in [0, 0.05) is 7.11 Å². The first-order valence-electron chi connectivity index (χ1n) is 6.23. The Bertz CT molecular complexity index is 418. The van der Waals surface area contributed by atoms with E-state index in [-0.39, 0.29) is 19.1 Å². The Morgan fingerprint density at radius 2 is 2.21 bits per heavy atom. The van der Waals surface area contributed by atoms with Crippen molar-refractivity contribution in [1.82, 2.24) is 0 Å². The molecule has 0 bridgehead atoms. The number of aliphatic hydroxyl groups excluding tert-OH is 1. The van der Waals surface area contributed by atoms with E-state index >= 15 is 0 Å². The second-order valence-electron chi connectivity index (χ2n) is 4.48. The van der Waals surface area contributed by atoms with E-state index < -0.39 is 6.10 Å². The van der Waals surface area contributed by atoms with Gasteiger partial charge in [-0.25, -0.2) is 0 Å². The lowest BCUT2D eigenvalue weighted by molar-refractivity contribution is -0.117. The molecule has 1 rings (SSSR count). The number of aliphatic hydroxyl groups is 1. The van der Waals surface area contributed by atoms with Gasteiger partial charge in [-0.3, -0.25) is 4.79 Å². The van der Waals surface area contributed by atoms with Crippen LogP contribution in [0.25, 0.3) is 0 Å². The Labute approximate surface area is 113 Å². The number of carbonyl (C=O) groups is 1. The summed E-state index contributed by atoms with van der Waals surface area (Å²) >= 11 is 0. The van der Waals surface area contributed by atoms with Crippen molar-refractivity contribution in [3.63, 3.8) is 0 Å². The number of hydrogen-bond donors (Lipinski definition) is 2. The summed E-state index contributed by atoms with van der Waals surface area (Å²) in [6.45, 7) is 1.87. The lowest BCUT2D eigenvalue weighted by atomic mass is 9.98. The molecule has 0 heterocycles. The van der Waals surface area contributed by atoms with Gasteiger partial charge in [0.05, 0.1) is 12.5 Å². The van der Waals surface area contributed by atoms with Crippen LogP contribution in [0.2, 0.25) is 0 Å². The predicted octanol–water partition coefficient (Wildman–Crippen LogP) is 1.01. The highest BCUT2D eigenvalue weighted by molar-refractivity contribution is 5.77. The molecule has 0 fully saturated rings. The van der Waals surface area contributed by atoms with Crippen molar-refractivity contribution in [2.24, 2.45) is 5.73 Å². The Kier molecular flexibility index (Phi) is 6.32. The smallest absolute Gasteiger partial charge is 0.221 e. The maximum absolute atomic E-state index is 11.1. The Balaban J connectivity index is 2.97. The van der Waals surface area contributed by atoms with Crippen molar-refractivity contribution in [3.05, 3.63) is 29.3 Å². The fraction of sp³-hybridized carbons (Fsp3) is 0.500. The zero-order chi connectivity index (χ0) is 14.3. The molecule has 0 saturated carbocycles. The first kappa shape index (κ1) is 15.5. The molecule has 5 heteroatoms. The molecule has 0 aliphatic carbocycles. The minimum absolute atomic E-state index is 0.141. The number of ether oxygens (including phenoxy) is 2. The molecule has 1 atom stereocenters. The molecule has 1 aromatic rings. The zero-order valence-electron chi connectivity index (χ0n) is 11.4. The molecular formula is C14H21NO4. The van der Waals surface area contributed by atoms with E-state index in [4.69, 9.17) is 15.2 Å². The number of hydrogen-bond acceptors (Lipinski definition) is 4. The molecule has 0 aliphatic rings. The van der Waals surface area contributed by atoms with Crippen LogP contribution in [0, 0.1) is 0 Å². The molecule has 0 spiro atoms. The fourth-order valence-corrected chi connectivity index (χ4v) is 1.86. The maximum atomic E-state index is 11.1. The first-order valence-corrected chi connectivity index (χ1v) is 6.23. The summed E-state index contributed by atoms with van der Waals surface area (Å²) in [7, 11) is 1.54. The van der Waals surface area contributed by atoms with E-state index in [0.717, 1.165) is 11.1 Å². The maximum Gasteiger partial charge on any atom is 0.221 e. The summed E-state index contributed by atoms with van der Waals surface area (Å²) in [6.07, 6.45) is 0.982. The van der Waals surface area contributed by atoms with Crippen LogP contribution < -0.4 is 10.5 Å². The molecule has 3 N–H and O–H groups in total. The molecule has 106 valence electrons. The van der Waals surface area contributed by atoms with Crippen molar-refractivity contribution >= 4 is 5.91 Å². The van der Waals surface area contributed by atoms with Gasteiger partial charge in [0.15, 0.2) is 6.79 Å². The highest BCUT2D eigenvalue weighted by Crippen LogP contribution is 2.25.